The topological polar surface area (TPSA) is 25.8 Å². The van der Waals surface area contributed by atoms with Crippen LogP contribution in [0.2, 0.25) is 5.15 Å². The van der Waals surface area contributed by atoms with Crippen molar-refractivity contribution < 1.29 is 0 Å². The van der Waals surface area contributed by atoms with E-state index in [1.807, 2.05) is 6.92 Å². The van der Waals surface area contributed by atoms with Crippen LogP contribution in [-0.2, 0) is 19.3 Å². The standard InChI is InChI=1S/C10H15ClN2/c1-4-7-8(5-2)13-10(11)9(6-3)12-7/h4-6H2,1-3H3. The van der Waals surface area contributed by atoms with Gasteiger partial charge in [0.25, 0.3) is 0 Å². The van der Waals surface area contributed by atoms with Crippen LogP contribution in [0.5, 0.6) is 0 Å². The van der Waals surface area contributed by atoms with Crippen molar-refractivity contribution in [2.75, 3.05) is 0 Å². The van der Waals surface area contributed by atoms with Crippen LogP contribution in [-0.4, -0.2) is 9.97 Å². The number of rotatable bonds is 3. The highest BCUT2D eigenvalue weighted by Crippen LogP contribution is 2.15. The molecule has 1 rings (SSSR count). The maximum Gasteiger partial charge on any atom is 0.150 e. The van der Waals surface area contributed by atoms with E-state index >= 15 is 0 Å². The Morgan fingerprint density at radius 1 is 0.846 bits per heavy atom. The van der Waals surface area contributed by atoms with Crippen LogP contribution in [0.25, 0.3) is 0 Å². The predicted octanol–water partition coefficient (Wildman–Crippen LogP) is 2.82. The van der Waals surface area contributed by atoms with Crippen molar-refractivity contribution >= 4 is 11.6 Å². The molecule has 0 amide bonds. The Kier molecular flexibility index (Phi) is 3.67. The normalized spacial score (nSPS) is 10.5. The van der Waals surface area contributed by atoms with E-state index in [1.54, 1.807) is 0 Å². The lowest BCUT2D eigenvalue weighted by Crippen LogP contribution is -2.03. The third-order valence-corrected chi connectivity index (χ3v) is 2.38. The Morgan fingerprint density at radius 3 is 1.77 bits per heavy atom. The van der Waals surface area contributed by atoms with Gasteiger partial charge in [0.05, 0.1) is 17.1 Å². The first-order chi connectivity index (χ1) is 6.22. The van der Waals surface area contributed by atoms with Gasteiger partial charge in [-0.3, -0.25) is 4.98 Å². The highest BCUT2D eigenvalue weighted by atomic mass is 35.5. The molecule has 0 aromatic carbocycles. The molecule has 0 radical (unpaired) electrons. The molecular formula is C10H15ClN2. The fourth-order valence-electron chi connectivity index (χ4n) is 1.31. The van der Waals surface area contributed by atoms with E-state index in [-0.39, 0.29) is 0 Å². The first-order valence-electron chi connectivity index (χ1n) is 4.77. The zero-order valence-electron chi connectivity index (χ0n) is 8.39. The molecule has 0 aliphatic heterocycles. The van der Waals surface area contributed by atoms with Crippen LogP contribution in [0.15, 0.2) is 0 Å². The lowest BCUT2D eigenvalue weighted by molar-refractivity contribution is 0.861. The molecule has 0 spiro atoms. The van der Waals surface area contributed by atoms with Crippen molar-refractivity contribution in [3.8, 4) is 0 Å². The minimum Gasteiger partial charge on any atom is -0.253 e. The molecule has 0 fully saturated rings. The van der Waals surface area contributed by atoms with Crippen molar-refractivity contribution in [1.29, 1.82) is 0 Å². The second kappa shape index (κ2) is 4.56. The van der Waals surface area contributed by atoms with Crippen molar-refractivity contribution in [2.24, 2.45) is 0 Å². The summed E-state index contributed by atoms with van der Waals surface area (Å²) in [5, 5.41) is 0.566. The van der Waals surface area contributed by atoms with Gasteiger partial charge in [-0.2, -0.15) is 0 Å². The summed E-state index contributed by atoms with van der Waals surface area (Å²) in [5.41, 5.74) is 3.03. The van der Waals surface area contributed by atoms with Gasteiger partial charge in [0, 0.05) is 0 Å². The molecule has 0 unspecified atom stereocenters. The number of hydrogen-bond donors (Lipinski definition) is 0. The van der Waals surface area contributed by atoms with Gasteiger partial charge in [0.15, 0.2) is 5.15 Å². The molecule has 2 nitrogen and oxygen atoms in total. The summed E-state index contributed by atoms with van der Waals surface area (Å²) in [6.07, 6.45) is 2.68. The molecule has 0 N–H and O–H groups in total. The van der Waals surface area contributed by atoms with E-state index in [0.29, 0.717) is 5.15 Å². The van der Waals surface area contributed by atoms with E-state index in [2.05, 4.69) is 23.8 Å². The van der Waals surface area contributed by atoms with Crippen molar-refractivity contribution in [3.05, 3.63) is 22.2 Å². The summed E-state index contributed by atoms with van der Waals surface area (Å²) >= 11 is 5.96. The smallest absolute Gasteiger partial charge is 0.150 e. The number of nitrogens with zero attached hydrogens (tertiary/aromatic N) is 2. The summed E-state index contributed by atoms with van der Waals surface area (Å²) < 4.78 is 0. The molecule has 1 aromatic heterocycles. The van der Waals surface area contributed by atoms with E-state index in [4.69, 9.17) is 11.6 Å². The molecule has 0 bridgehead atoms. The summed E-state index contributed by atoms with van der Waals surface area (Å²) in [4.78, 5) is 8.82. The van der Waals surface area contributed by atoms with E-state index in [1.165, 1.54) is 0 Å². The van der Waals surface area contributed by atoms with Crippen LogP contribution in [0.3, 0.4) is 0 Å². The Bertz CT molecular complexity index is 297. The molecule has 0 aliphatic rings. The minimum atomic E-state index is 0.566. The first-order valence-corrected chi connectivity index (χ1v) is 5.14. The fraction of sp³-hybridized carbons (Fsp3) is 0.600. The zero-order valence-corrected chi connectivity index (χ0v) is 9.15. The van der Waals surface area contributed by atoms with Crippen molar-refractivity contribution in [2.45, 2.75) is 40.0 Å². The second-order valence-corrected chi connectivity index (χ2v) is 3.27. The minimum absolute atomic E-state index is 0.566. The Balaban J connectivity index is 3.18. The van der Waals surface area contributed by atoms with Gasteiger partial charge in [-0.15, -0.1) is 0 Å². The molecule has 13 heavy (non-hydrogen) atoms. The average Bonchev–Trinajstić information content (AvgIpc) is 2.17. The Labute approximate surface area is 84.4 Å². The maximum atomic E-state index is 5.96. The van der Waals surface area contributed by atoms with E-state index < -0.39 is 0 Å². The van der Waals surface area contributed by atoms with Crippen LogP contribution >= 0.6 is 11.6 Å². The van der Waals surface area contributed by atoms with Gasteiger partial charge in [-0.25, -0.2) is 4.98 Å². The largest absolute Gasteiger partial charge is 0.253 e. The van der Waals surface area contributed by atoms with Gasteiger partial charge < -0.3 is 0 Å². The van der Waals surface area contributed by atoms with Crippen molar-refractivity contribution in [3.63, 3.8) is 0 Å². The van der Waals surface area contributed by atoms with Gasteiger partial charge in [-0.1, -0.05) is 32.4 Å². The number of hydrogen-bond acceptors (Lipinski definition) is 2. The molecule has 72 valence electrons. The number of aromatic nitrogens is 2. The molecule has 0 saturated carbocycles. The quantitative estimate of drug-likeness (QED) is 0.747. The van der Waals surface area contributed by atoms with Gasteiger partial charge >= 0.3 is 0 Å². The summed E-state index contributed by atoms with van der Waals surface area (Å²) in [7, 11) is 0. The Hall–Kier alpha value is -0.630. The van der Waals surface area contributed by atoms with E-state index in [0.717, 1.165) is 36.3 Å². The number of halogens is 1. The molecule has 0 atom stereocenters. The predicted molar refractivity (Wildman–Crippen MR) is 55.2 cm³/mol. The molecule has 1 aromatic rings. The lowest BCUT2D eigenvalue weighted by Gasteiger charge is -2.07. The van der Waals surface area contributed by atoms with Crippen LogP contribution < -0.4 is 0 Å². The maximum absolute atomic E-state index is 5.96. The molecule has 0 aliphatic carbocycles. The Morgan fingerprint density at radius 2 is 1.31 bits per heavy atom. The SMILES string of the molecule is CCc1nc(CC)c(CC)nc1Cl. The summed E-state index contributed by atoms with van der Waals surface area (Å²) in [6, 6.07) is 0. The lowest BCUT2D eigenvalue weighted by atomic mass is 10.2. The second-order valence-electron chi connectivity index (χ2n) is 2.92. The van der Waals surface area contributed by atoms with Crippen LogP contribution in [0.1, 0.15) is 37.9 Å². The first kappa shape index (κ1) is 10.5. The third kappa shape index (κ3) is 2.19. The number of aryl methyl sites for hydroxylation is 3. The molecule has 1 heterocycles. The third-order valence-electron chi connectivity index (χ3n) is 2.08. The molecular weight excluding hydrogens is 184 g/mol. The van der Waals surface area contributed by atoms with E-state index in [9.17, 15) is 0 Å². The van der Waals surface area contributed by atoms with Gasteiger partial charge in [-0.05, 0) is 19.3 Å². The molecule has 3 heteroatoms. The molecule has 0 saturated heterocycles. The zero-order chi connectivity index (χ0) is 9.84. The van der Waals surface area contributed by atoms with Crippen LogP contribution in [0, 0.1) is 0 Å². The van der Waals surface area contributed by atoms with Gasteiger partial charge in [0.1, 0.15) is 0 Å². The summed E-state index contributed by atoms with van der Waals surface area (Å²) in [6.45, 7) is 6.21. The highest BCUT2D eigenvalue weighted by Gasteiger charge is 2.07. The van der Waals surface area contributed by atoms with Crippen LogP contribution in [0.4, 0.5) is 0 Å². The summed E-state index contributed by atoms with van der Waals surface area (Å²) in [5.74, 6) is 0. The fourth-order valence-corrected chi connectivity index (χ4v) is 1.59. The van der Waals surface area contributed by atoms with Crippen molar-refractivity contribution in [1.82, 2.24) is 9.97 Å². The highest BCUT2D eigenvalue weighted by molar-refractivity contribution is 6.30. The monoisotopic (exact) mass is 198 g/mol. The average molecular weight is 199 g/mol. The van der Waals surface area contributed by atoms with Gasteiger partial charge in [0.2, 0.25) is 0 Å².